The molecule has 8 heteroatoms. The molecule has 2 aromatic rings. The maximum Gasteiger partial charge on any atom is 0.308 e. The Morgan fingerprint density at radius 1 is 0.833 bits per heavy atom. The average Bonchev–Trinajstić information content (AvgIpc) is 3.07. The second-order valence-electron chi connectivity index (χ2n) is 7.13. The Morgan fingerprint density at radius 3 is 2.20 bits per heavy atom. The molecule has 2 aliphatic rings. The summed E-state index contributed by atoms with van der Waals surface area (Å²) in [5.41, 5.74) is 0.984. The monoisotopic (exact) mass is 410 g/mol. The number of carbonyl (C=O) groups is 3. The number of fused-ring (bicyclic) bond motifs is 1. The number of carbonyl (C=O) groups excluding carboxylic acids is 3. The molecule has 0 aromatic heterocycles. The summed E-state index contributed by atoms with van der Waals surface area (Å²) in [4.78, 5) is 40.5. The van der Waals surface area contributed by atoms with Gasteiger partial charge in [-0.2, -0.15) is 0 Å². The summed E-state index contributed by atoms with van der Waals surface area (Å²) >= 11 is 0. The highest BCUT2D eigenvalue weighted by Gasteiger charge is 2.25. The standard InChI is InChI=1S/C22H22N2O6/c1-15(25)30-18-5-2-4-16(12-18)21(26)23-8-3-9-24(11-10-23)22(27)17-6-7-19-20(13-17)29-14-28-19/h2,4-7,12-13H,3,8-11,14H2,1H3. The lowest BCUT2D eigenvalue weighted by molar-refractivity contribution is -0.131. The van der Waals surface area contributed by atoms with Crippen LogP contribution in [0, 0.1) is 0 Å². The van der Waals surface area contributed by atoms with Gasteiger partial charge in [0.1, 0.15) is 5.75 Å². The van der Waals surface area contributed by atoms with E-state index in [2.05, 4.69) is 0 Å². The fraction of sp³-hybridized carbons (Fsp3) is 0.318. The third-order valence-corrected chi connectivity index (χ3v) is 5.03. The third-order valence-electron chi connectivity index (χ3n) is 5.03. The summed E-state index contributed by atoms with van der Waals surface area (Å²) in [5, 5.41) is 0. The van der Waals surface area contributed by atoms with Crippen LogP contribution in [0.4, 0.5) is 0 Å². The number of amides is 2. The van der Waals surface area contributed by atoms with E-state index in [1.807, 2.05) is 0 Å². The highest BCUT2D eigenvalue weighted by atomic mass is 16.7. The van der Waals surface area contributed by atoms with E-state index in [1.54, 1.807) is 52.3 Å². The molecule has 0 atom stereocenters. The van der Waals surface area contributed by atoms with Crippen molar-refractivity contribution in [2.75, 3.05) is 33.0 Å². The van der Waals surface area contributed by atoms with Crippen LogP contribution in [0.2, 0.25) is 0 Å². The van der Waals surface area contributed by atoms with Crippen LogP contribution in [-0.2, 0) is 4.79 Å². The van der Waals surface area contributed by atoms with E-state index < -0.39 is 5.97 Å². The molecule has 0 radical (unpaired) electrons. The molecule has 1 fully saturated rings. The first-order valence-electron chi connectivity index (χ1n) is 9.78. The van der Waals surface area contributed by atoms with E-state index in [0.717, 1.165) is 0 Å². The van der Waals surface area contributed by atoms with Gasteiger partial charge >= 0.3 is 5.97 Å². The van der Waals surface area contributed by atoms with Crippen molar-refractivity contribution < 1.29 is 28.6 Å². The summed E-state index contributed by atoms with van der Waals surface area (Å²) in [5.74, 6) is 0.853. The average molecular weight is 410 g/mol. The zero-order valence-electron chi connectivity index (χ0n) is 16.6. The Kier molecular flexibility index (Phi) is 5.56. The predicted octanol–water partition coefficient (Wildman–Crippen LogP) is 2.33. The van der Waals surface area contributed by atoms with Crippen molar-refractivity contribution in [3.63, 3.8) is 0 Å². The molecule has 2 aliphatic heterocycles. The molecule has 0 aliphatic carbocycles. The van der Waals surface area contributed by atoms with Crippen molar-refractivity contribution in [1.29, 1.82) is 0 Å². The van der Waals surface area contributed by atoms with Gasteiger partial charge in [0, 0.05) is 44.2 Å². The van der Waals surface area contributed by atoms with Crippen molar-refractivity contribution in [2.24, 2.45) is 0 Å². The molecule has 8 nitrogen and oxygen atoms in total. The van der Waals surface area contributed by atoms with E-state index in [4.69, 9.17) is 14.2 Å². The normalized spacial score (nSPS) is 15.5. The number of benzene rings is 2. The Hall–Kier alpha value is -3.55. The fourth-order valence-corrected chi connectivity index (χ4v) is 3.58. The van der Waals surface area contributed by atoms with Crippen LogP contribution in [0.3, 0.4) is 0 Å². The SMILES string of the molecule is CC(=O)Oc1cccc(C(=O)N2CCCN(C(=O)c3ccc4c(c3)OCO4)CC2)c1. The number of ether oxygens (including phenoxy) is 3. The van der Waals surface area contributed by atoms with Gasteiger partial charge in [-0.25, -0.2) is 0 Å². The lowest BCUT2D eigenvalue weighted by Crippen LogP contribution is -2.37. The maximum absolute atomic E-state index is 12.9. The van der Waals surface area contributed by atoms with E-state index in [9.17, 15) is 14.4 Å². The van der Waals surface area contributed by atoms with Gasteiger partial charge in [-0.05, 0) is 42.8 Å². The minimum atomic E-state index is -0.438. The van der Waals surface area contributed by atoms with Gasteiger partial charge in [0.05, 0.1) is 0 Å². The molecular weight excluding hydrogens is 388 g/mol. The molecule has 0 N–H and O–H groups in total. The minimum absolute atomic E-state index is 0.0977. The molecule has 2 amide bonds. The zero-order valence-corrected chi connectivity index (χ0v) is 16.6. The maximum atomic E-state index is 12.9. The smallest absolute Gasteiger partial charge is 0.308 e. The Morgan fingerprint density at radius 2 is 1.50 bits per heavy atom. The van der Waals surface area contributed by atoms with Crippen molar-refractivity contribution >= 4 is 17.8 Å². The van der Waals surface area contributed by atoms with Gasteiger partial charge in [-0.1, -0.05) is 6.07 Å². The van der Waals surface area contributed by atoms with E-state index in [0.29, 0.717) is 61.0 Å². The van der Waals surface area contributed by atoms with Gasteiger partial charge in [-0.3, -0.25) is 14.4 Å². The summed E-state index contributed by atoms with van der Waals surface area (Å²) in [6, 6.07) is 11.7. The fourth-order valence-electron chi connectivity index (χ4n) is 3.58. The Bertz CT molecular complexity index is 989. The van der Waals surface area contributed by atoms with Crippen LogP contribution in [0.15, 0.2) is 42.5 Å². The molecule has 0 saturated carbocycles. The number of rotatable bonds is 3. The van der Waals surface area contributed by atoms with Gasteiger partial charge in [-0.15, -0.1) is 0 Å². The Balaban J connectivity index is 1.42. The van der Waals surface area contributed by atoms with Crippen LogP contribution in [0.1, 0.15) is 34.1 Å². The first-order valence-corrected chi connectivity index (χ1v) is 9.78. The van der Waals surface area contributed by atoms with Gasteiger partial charge in [0.2, 0.25) is 6.79 Å². The van der Waals surface area contributed by atoms with Gasteiger partial charge in [0.15, 0.2) is 11.5 Å². The highest BCUT2D eigenvalue weighted by Crippen LogP contribution is 2.32. The van der Waals surface area contributed by atoms with Crippen molar-refractivity contribution in [3.05, 3.63) is 53.6 Å². The summed E-state index contributed by atoms with van der Waals surface area (Å²) in [6.07, 6.45) is 0.672. The molecule has 2 aromatic carbocycles. The van der Waals surface area contributed by atoms with E-state index in [-0.39, 0.29) is 18.6 Å². The van der Waals surface area contributed by atoms with Crippen LogP contribution in [-0.4, -0.2) is 60.6 Å². The molecule has 4 rings (SSSR count). The molecule has 1 saturated heterocycles. The molecule has 0 unspecified atom stereocenters. The van der Waals surface area contributed by atoms with Crippen LogP contribution in [0.25, 0.3) is 0 Å². The summed E-state index contributed by atoms with van der Waals surface area (Å²) < 4.78 is 15.7. The molecule has 0 bridgehead atoms. The quantitative estimate of drug-likeness (QED) is 0.570. The summed E-state index contributed by atoms with van der Waals surface area (Å²) in [7, 11) is 0. The number of hydrogen-bond donors (Lipinski definition) is 0. The van der Waals surface area contributed by atoms with Gasteiger partial charge in [0.25, 0.3) is 11.8 Å². The first kappa shape index (κ1) is 19.8. The zero-order chi connectivity index (χ0) is 21.1. The molecule has 30 heavy (non-hydrogen) atoms. The van der Waals surface area contributed by atoms with Crippen molar-refractivity contribution in [3.8, 4) is 17.2 Å². The summed E-state index contributed by atoms with van der Waals surface area (Å²) in [6.45, 7) is 3.43. The second kappa shape index (κ2) is 8.44. The second-order valence-corrected chi connectivity index (χ2v) is 7.13. The largest absolute Gasteiger partial charge is 0.454 e. The van der Waals surface area contributed by atoms with Crippen LogP contribution < -0.4 is 14.2 Å². The van der Waals surface area contributed by atoms with Crippen LogP contribution >= 0.6 is 0 Å². The first-order chi connectivity index (χ1) is 14.5. The molecule has 156 valence electrons. The Labute approximate surface area is 173 Å². The topological polar surface area (TPSA) is 85.4 Å². The molecule has 0 spiro atoms. The van der Waals surface area contributed by atoms with Crippen molar-refractivity contribution in [1.82, 2.24) is 9.80 Å². The number of esters is 1. The van der Waals surface area contributed by atoms with Gasteiger partial charge < -0.3 is 24.0 Å². The number of nitrogens with zero attached hydrogens (tertiary/aromatic N) is 2. The third kappa shape index (κ3) is 4.22. The highest BCUT2D eigenvalue weighted by molar-refractivity contribution is 5.96. The molecule has 2 heterocycles. The minimum Gasteiger partial charge on any atom is -0.454 e. The van der Waals surface area contributed by atoms with Crippen molar-refractivity contribution in [2.45, 2.75) is 13.3 Å². The lowest BCUT2D eigenvalue weighted by atomic mass is 10.1. The van der Waals surface area contributed by atoms with E-state index >= 15 is 0 Å². The molecular formula is C22H22N2O6. The lowest BCUT2D eigenvalue weighted by Gasteiger charge is -2.22. The number of hydrogen-bond acceptors (Lipinski definition) is 6. The van der Waals surface area contributed by atoms with Crippen LogP contribution in [0.5, 0.6) is 17.2 Å². The predicted molar refractivity (Wildman–Crippen MR) is 107 cm³/mol. The van der Waals surface area contributed by atoms with E-state index in [1.165, 1.54) is 6.92 Å².